The highest BCUT2D eigenvalue weighted by molar-refractivity contribution is 7.93. The Kier molecular flexibility index (Phi) is 5.47. The van der Waals surface area contributed by atoms with Crippen LogP contribution in [0, 0.1) is 0 Å². The largest absolute Gasteiger partial charge is 0.322 e. The van der Waals surface area contributed by atoms with Crippen molar-refractivity contribution in [3.63, 3.8) is 0 Å². The Balaban J connectivity index is 1.74. The number of hydrogen-bond donors (Lipinski definition) is 2. The maximum atomic E-state index is 12.3. The summed E-state index contributed by atoms with van der Waals surface area (Å²) in [5.41, 5.74) is 0.726. The number of carbonyl (C=O) groups excluding carboxylic acids is 1. The number of nitrogens with one attached hydrogen (secondary N) is 2. The summed E-state index contributed by atoms with van der Waals surface area (Å²) in [6, 6.07) is 10.2. The average Bonchev–Trinajstić information content (AvgIpc) is 3.06. The number of anilines is 2. The zero-order chi connectivity index (χ0) is 18.7. The molecule has 1 amide bonds. The molecule has 1 heterocycles. The van der Waals surface area contributed by atoms with Gasteiger partial charge < -0.3 is 5.32 Å². The third-order valence-corrected chi connectivity index (χ3v) is 5.81. The van der Waals surface area contributed by atoms with Gasteiger partial charge in [0.05, 0.1) is 4.90 Å². The first-order valence-electron chi connectivity index (χ1n) is 7.13. The highest BCUT2D eigenvalue weighted by Gasteiger charge is 2.16. The van der Waals surface area contributed by atoms with E-state index in [9.17, 15) is 13.2 Å². The molecule has 10 heteroatoms. The molecule has 0 aliphatic rings. The number of carbonyl (C=O) groups is 1. The Labute approximate surface area is 163 Å². The van der Waals surface area contributed by atoms with Gasteiger partial charge in [0.1, 0.15) is 0 Å². The zero-order valence-corrected chi connectivity index (χ0v) is 16.1. The van der Waals surface area contributed by atoms with E-state index in [4.69, 9.17) is 23.2 Å². The Morgan fingerprint density at radius 1 is 1.04 bits per heavy atom. The van der Waals surface area contributed by atoms with Crippen molar-refractivity contribution < 1.29 is 13.2 Å². The molecule has 0 fully saturated rings. The summed E-state index contributed by atoms with van der Waals surface area (Å²) in [6.07, 6.45) is 1.50. The molecule has 2 N–H and O–H groups in total. The minimum Gasteiger partial charge on any atom is -0.322 e. The molecule has 0 aliphatic heterocycles. The second-order valence-electron chi connectivity index (χ2n) is 5.08. The van der Waals surface area contributed by atoms with Crippen LogP contribution in [0.25, 0.3) is 0 Å². The SMILES string of the molecule is O=C(Nc1ccc(S(=O)(=O)Nc2nccs2)cc1)c1cc(Cl)cc(Cl)c1. The van der Waals surface area contributed by atoms with Crippen LogP contribution in [0.1, 0.15) is 10.4 Å². The lowest BCUT2D eigenvalue weighted by Gasteiger charge is -2.08. The van der Waals surface area contributed by atoms with E-state index in [2.05, 4.69) is 15.0 Å². The second kappa shape index (κ2) is 7.63. The van der Waals surface area contributed by atoms with Crippen LogP contribution in [-0.2, 0) is 10.0 Å². The maximum absolute atomic E-state index is 12.3. The van der Waals surface area contributed by atoms with Crippen LogP contribution >= 0.6 is 34.5 Å². The number of nitrogens with zero attached hydrogens (tertiary/aromatic N) is 1. The molecule has 0 bridgehead atoms. The van der Waals surface area contributed by atoms with Gasteiger partial charge in [-0.25, -0.2) is 13.4 Å². The summed E-state index contributed by atoms with van der Waals surface area (Å²) in [7, 11) is -3.74. The summed E-state index contributed by atoms with van der Waals surface area (Å²) in [5.74, 6) is -0.411. The van der Waals surface area contributed by atoms with Crippen LogP contribution < -0.4 is 10.0 Å². The van der Waals surface area contributed by atoms with E-state index < -0.39 is 15.9 Å². The van der Waals surface area contributed by atoms with E-state index in [1.165, 1.54) is 60.0 Å². The lowest BCUT2D eigenvalue weighted by Crippen LogP contribution is -2.14. The van der Waals surface area contributed by atoms with Crippen LogP contribution in [0.2, 0.25) is 10.0 Å². The Morgan fingerprint density at radius 2 is 1.69 bits per heavy atom. The van der Waals surface area contributed by atoms with Crippen LogP contribution in [0.15, 0.2) is 58.9 Å². The van der Waals surface area contributed by atoms with Crippen LogP contribution in [0.3, 0.4) is 0 Å². The smallest absolute Gasteiger partial charge is 0.263 e. The normalized spacial score (nSPS) is 11.2. The fraction of sp³-hybridized carbons (Fsp3) is 0. The van der Waals surface area contributed by atoms with E-state index in [1.807, 2.05) is 0 Å². The first-order valence-corrected chi connectivity index (χ1v) is 10.3. The quantitative estimate of drug-likeness (QED) is 0.626. The molecule has 2 aromatic carbocycles. The van der Waals surface area contributed by atoms with Crippen LogP contribution in [-0.4, -0.2) is 19.3 Å². The molecule has 0 atom stereocenters. The van der Waals surface area contributed by atoms with Gasteiger partial charge in [-0.1, -0.05) is 23.2 Å². The number of hydrogen-bond acceptors (Lipinski definition) is 5. The molecule has 0 spiro atoms. The third-order valence-electron chi connectivity index (χ3n) is 3.20. The fourth-order valence-corrected chi connectivity index (χ4v) is 4.37. The highest BCUT2D eigenvalue weighted by atomic mass is 35.5. The molecule has 3 rings (SSSR count). The van der Waals surface area contributed by atoms with Gasteiger partial charge in [-0.3, -0.25) is 9.52 Å². The Morgan fingerprint density at radius 3 is 2.27 bits per heavy atom. The van der Waals surface area contributed by atoms with Crippen molar-refractivity contribution in [2.24, 2.45) is 0 Å². The molecular formula is C16H11Cl2N3O3S2. The molecule has 0 radical (unpaired) electrons. The van der Waals surface area contributed by atoms with Crippen LogP contribution in [0.4, 0.5) is 10.8 Å². The van der Waals surface area contributed by atoms with Crippen molar-refractivity contribution in [1.82, 2.24) is 4.98 Å². The van der Waals surface area contributed by atoms with Gasteiger partial charge in [0, 0.05) is 32.9 Å². The molecule has 6 nitrogen and oxygen atoms in total. The van der Waals surface area contributed by atoms with Gasteiger partial charge in [-0.2, -0.15) is 0 Å². The predicted octanol–water partition coefficient (Wildman–Crippen LogP) is 4.50. The lowest BCUT2D eigenvalue weighted by molar-refractivity contribution is 0.102. The van der Waals surface area contributed by atoms with Gasteiger partial charge in [0.15, 0.2) is 5.13 Å². The number of benzene rings is 2. The predicted molar refractivity (Wildman–Crippen MR) is 104 cm³/mol. The summed E-state index contributed by atoms with van der Waals surface area (Å²) in [5, 5.41) is 5.29. The van der Waals surface area contributed by atoms with Crippen molar-refractivity contribution in [1.29, 1.82) is 0 Å². The zero-order valence-electron chi connectivity index (χ0n) is 12.9. The molecule has 134 valence electrons. The first-order chi connectivity index (χ1) is 12.3. The van der Waals surface area contributed by atoms with Crippen LogP contribution in [0.5, 0.6) is 0 Å². The molecule has 0 aliphatic carbocycles. The van der Waals surface area contributed by atoms with E-state index in [0.29, 0.717) is 21.3 Å². The number of thiazole rings is 1. The minimum atomic E-state index is -3.74. The van der Waals surface area contributed by atoms with Crippen molar-refractivity contribution >= 4 is 61.3 Å². The summed E-state index contributed by atoms with van der Waals surface area (Å²) < 4.78 is 26.9. The number of halogens is 2. The molecular weight excluding hydrogens is 417 g/mol. The van der Waals surface area contributed by atoms with Gasteiger partial charge in [-0.15, -0.1) is 11.3 Å². The number of amides is 1. The van der Waals surface area contributed by atoms with E-state index in [1.54, 1.807) is 5.38 Å². The van der Waals surface area contributed by atoms with E-state index >= 15 is 0 Å². The summed E-state index contributed by atoms with van der Waals surface area (Å²) in [4.78, 5) is 16.2. The molecule has 3 aromatic rings. The number of sulfonamides is 1. The number of rotatable bonds is 5. The van der Waals surface area contributed by atoms with Crippen molar-refractivity contribution in [3.8, 4) is 0 Å². The molecule has 26 heavy (non-hydrogen) atoms. The number of aromatic nitrogens is 1. The van der Waals surface area contributed by atoms with Gasteiger partial charge in [-0.05, 0) is 42.5 Å². The topological polar surface area (TPSA) is 88.2 Å². The molecule has 0 saturated carbocycles. The Hall–Kier alpha value is -2.13. The van der Waals surface area contributed by atoms with Gasteiger partial charge in [0.25, 0.3) is 15.9 Å². The fourth-order valence-electron chi connectivity index (χ4n) is 2.05. The summed E-state index contributed by atoms with van der Waals surface area (Å²) in [6.45, 7) is 0. The molecule has 0 saturated heterocycles. The average molecular weight is 428 g/mol. The monoisotopic (exact) mass is 427 g/mol. The first kappa shape index (κ1) is 18.7. The maximum Gasteiger partial charge on any atom is 0.263 e. The van der Waals surface area contributed by atoms with E-state index in [0.717, 1.165) is 0 Å². The Bertz CT molecular complexity index is 1020. The lowest BCUT2D eigenvalue weighted by atomic mass is 10.2. The van der Waals surface area contributed by atoms with Gasteiger partial charge in [0.2, 0.25) is 0 Å². The summed E-state index contributed by atoms with van der Waals surface area (Å²) >= 11 is 12.9. The molecule has 1 aromatic heterocycles. The second-order valence-corrected chi connectivity index (χ2v) is 8.53. The molecule has 0 unspecified atom stereocenters. The minimum absolute atomic E-state index is 0.0523. The van der Waals surface area contributed by atoms with Gasteiger partial charge >= 0.3 is 0 Å². The highest BCUT2D eigenvalue weighted by Crippen LogP contribution is 2.22. The van der Waals surface area contributed by atoms with E-state index in [-0.39, 0.29) is 10.0 Å². The van der Waals surface area contributed by atoms with Crippen molar-refractivity contribution in [2.75, 3.05) is 10.0 Å². The standard InChI is InChI=1S/C16H11Cl2N3O3S2/c17-11-7-10(8-12(18)9-11)15(22)20-13-1-3-14(4-2-13)26(23,24)21-16-19-5-6-25-16/h1-9H,(H,19,21)(H,20,22). The van der Waals surface area contributed by atoms with Crippen molar-refractivity contribution in [2.45, 2.75) is 4.90 Å². The van der Waals surface area contributed by atoms with Crippen molar-refractivity contribution in [3.05, 3.63) is 69.7 Å². The third kappa shape index (κ3) is 4.53.